The summed E-state index contributed by atoms with van der Waals surface area (Å²) in [4.78, 5) is 14.3. The molecule has 5 N–H and O–H groups in total. The Kier molecular flexibility index (Phi) is 5.18. The predicted molar refractivity (Wildman–Crippen MR) is 128 cm³/mol. The van der Waals surface area contributed by atoms with Gasteiger partial charge in [0, 0.05) is 41.6 Å². The molecular weight excluding hydrogens is 416 g/mol. The van der Waals surface area contributed by atoms with E-state index in [-0.39, 0.29) is 12.1 Å². The largest absolute Gasteiger partial charge is 0.393 e. The van der Waals surface area contributed by atoms with E-state index < -0.39 is 0 Å². The van der Waals surface area contributed by atoms with Gasteiger partial charge < -0.3 is 21.5 Å². The Labute approximate surface area is 193 Å². The van der Waals surface area contributed by atoms with Gasteiger partial charge in [-0.15, -0.1) is 0 Å². The first kappa shape index (κ1) is 20.8. The highest BCUT2D eigenvalue weighted by atomic mass is 16.3. The van der Waals surface area contributed by atoms with Crippen molar-refractivity contribution in [1.82, 2.24) is 30.0 Å². The summed E-state index contributed by atoms with van der Waals surface area (Å²) in [6.45, 7) is 2.06. The van der Waals surface area contributed by atoms with E-state index in [4.69, 9.17) is 20.8 Å². The minimum atomic E-state index is -0.243. The van der Waals surface area contributed by atoms with Crippen molar-refractivity contribution >= 4 is 22.7 Å². The lowest BCUT2D eigenvalue weighted by Crippen LogP contribution is -2.38. The number of hydrogen-bond donors (Lipinski definition) is 4. The van der Waals surface area contributed by atoms with E-state index >= 15 is 0 Å². The van der Waals surface area contributed by atoms with E-state index in [1.165, 1.54) is 12.8 Å². The molecule has 1 aliphatic carbocycles. The SMILES string of the molecule is CCc1nc2c(N)ncc(-c3cnn([C@@H]4C[C@H]5CC[C@@H](C4)N5)c3)c2nc1N[C@@H]1CC[C@H](O)C1. The number of hydrogen-bond acceptors (Lipinski definition) is 8. The smallest absolute Gasteiger partial charge is 0.151 e. The van der Waals surface area contributed by atoms with Gasteiger partial charge in [-0.1, -0.05) is 6.92 Å². The fourth-order valence-electron chi connectivity index (χ4n) is 5.87. The Hall–Kier alpha value is -2.78. The summed E-state index contributed by atoms with van der Waals surface area (Å²) in [5.74, 6) is 1.17. The van der Waals surface area contributed by atoms with Crippen LogP contribution in [-0.2, 0) is 6.42 Å². The molecule has 6 rings (SSSR count). The molecule has 2 bridgehead atoms. The second kappa shape index (κ2) is 8.22. The van der Waals surface area contributed by atoms with Crippen molar-refractivity contribution in [3.05, 3.63) is 24.3 Å². The molecule has 33 heavy (non-hydrogen) atoms. The molecule has 174 valence electrons. The molecule has 0 spiro atoms. The van der Waals surface area contributed by atoms with Crippen LogP contribution in [0.4, 0.5) is 11.6 Å². The van der Waals surface area contributed by atoms with Crippen molar-refractivity contribution in [3.8, 4) is 11.1 Å². The van der Waals surface area contributed by atoms with Gasteiger partial charge in [0.25, 0.3) is 0 Å². The number of pyridine rings is 1. The molecule has 3 aliphatic rings. The van der Waals surface area contributed by atoms with Gasteiger partial charge in [0.2, 0.25) is 0 Å². The highest BCUT2D eigenvalue weighted by Crippen LogP contribution is 2.36. The van der Waals surface area contributed by atoms with Gasteiger partial charge in [-0.3, -0.25) is 4.68 Å². The van der Waals surface area contributed by atoms with Gasteiger partial charge in [0.05, 0.1) is 24.0 Å². The first-order valence-electron chi connectivity index (χ1n) is 12.3. The Morgan fingerprint density at radius 3 is 2.64 bits per heavy atom. The van der Waals surface area contributed by atoms with Crippen LogP contribution in [0, 0.1) is 0 Å². The molecule has 0 unspecified atom stereocenters. The fraction of sp³-hybridized carbons (Fsp3) is 0.583. The van der Waals surface area contributed by atoms with E-state index in [0.29, 0.717) is 29.5 Å². The first-order chi connectivity index (χ1) is 16.1. The van der Waals surface area contributed by atoms with Crippen LogP contribution in [0.3, 0.4) is 0 Å². The van der Waals surface area contributed by atoms with Gasteiger partial charge in [-0.25, -0.2) is 15.0 Å². The summed E-state index contributed by atoms with van der Waals surface area (Å²) in [5.41, 5.74) is 10.3. The van der Waals surface area contributed by atoms with Crippen molar-refractivity contribution < 1.29 is 5.11 Å². The van der Waals surface area contributed by atoms with Gasteiger partial charge in [0.15, 0.2) is 5.82 Å². The van der Waals surface area contributed by atoms with Gasteiger partial charge in [-0.2, -0.15) is 5.10 Å². The second-order valence-corrected chi connectivity index (χ2v) is 9.91. The van der Waals surface area contributed by atoms with Gasteiger partial charge in [-0.05, 0) is 51.4 Å². The number of nitrogens with zero attached hydrogens (tertiary/aromatic N) is 5. The molecular formula is C24H32N8O. The van der Waals surface area contributed by atoms with Crippen LogP contribution in [-0.4, -0.2) is 54.1 Å². The summed E-state index contributed by atoms with van der Waals surface area (Å²) in [5, 5.41) is 21.9. The van der Waals surface area contributed by atoms with Crippen LogP contribution in [0.15, 0.2) is 18.6 Å². The van der Waals surface area contributed by atoms with Crippen molar-refractivity contribution in [1.29, 1.82) is 0 Å². The van der Waals surface area contributed by atoms with Crippen molar-refractivity contribution in [3.63, 3.8) is 0 Å². The third kappa shape index (κ3) is 3.83. The zero-order valence-corrected chi connectivity index (χ0v) is 19.0. The average Bonchev–Trinajstić information content (AvgIpc) is 3.54. The normalized spacial score (nSPS) is 29.1. The summed E-state index contributed by atoms with van der Waals surface area (Å²) in [6, 6.07) is 1.86. The Morgan fingerprint density at radius 1 is 1.09 bits per heavy atom. The van der Waals surface area contributed by atoms with Crippen molar-refractivity contribution in [2.45, 2.75) is 88.6 Å². The number of aliphatic hydroxyl groups is 1. The highest BCUT2D eigenvalue weighted by molar-refractivity contribution is 5.96. The molecule has 3 fully saturated rings. The minimum Gasteiger partial charge on any atom is -0.393 e. The standard InChI is InChI=1S/C24H32N8O/c1-2-20-24(29-16-5-6-18(33)9-16)31-21-19(11-26-23(25)22(21)30-20)13-10-27-32(12-13)17-7-14-3-4-15(8-17)28-14/h10-12,14-18,28,33H,2-9H2,1H3,(H2,25,26)(H,29,31)/t14-,15+,16-,17-,18+/m1/s1. The first-order valence-corrected chi connectivity index (χ1v) is 12.3. The molecule has 5 heterocycles. The number of aliphatic hydroxyl groups excluding tert-OH is 1. The minimum absolute atomic E-state index is 0.206. The predicted octanol–water partition coefficient (Wildman–Crippen LogP) is 2.81. The summed E-state index contributed by atoms with van der Waals surface area (Å²) < 4.78 is 2.12. The van der Waals surface area contributed by atoms with Crippen LogP contribution in [0.1, 0.15) is 63.6 Å². The highest BCUT2D eigenvalue weighted by Gasteiger charge is 2.34. The van der Waals surface area contributed by atoms with Crippen molar-refractivity contribution in [2.75, 3.05) is 11.1 Å². The number of aryl methyl sites for hydroxylation is 1. The summed E-state index contributed by atoms with van der Waals surface area (Å²) in [6.07, 6.45) is 13.6. The molecule has 3 aromatic heterocycles. The maximum Gasteiger partial charge on any atom is 0.151 e. The van der Waals surface area contributed by atoms with Crippen LogP contribution >= 0.6 is 0 Å². The van der Waals surface area contributed by atoms with Crippen molar-refractivity contribution in [2.24, 2.45) is 0 Å². The quantitative estimate of drug-likeness (QED) is 0.469. The number of nitrogens with one attached hydrogen (secondary N) is 2. The number of nitrogens with two attached hydrogens (primary N) is 1. The lowest BCUT2D eigenvalue weighted by Gasteiger charge is -2.29. The number of fused-ring (bicyclic) bond motifs is 3. The zero-order valence-electron chi connectivity index (χ0n) is 19.0. The van der Waals surface area contributed by atoms with E-state index in [0.717, 1.165) is 66.7 Å². The molecule has 9 nitrogen and oxygen atoms in total. The summed E-state index contributed by atoms with van der Waals surface area (Å²) >= 11 is 0. The van der Waals surface area contributed by atoms with E-state index in [9.17, 15) is 5.11 Å². The van der Waals surface area contributed by atoms with Crippen LogP contribution in [0.2, 0.25) is 0 Å². The Balaban J connectivity index is 1.37. The van der Waals surface area contributed by atoms with Gasteiger partial charge >= 0.3 is 0 Å². The molecule has 0 radical (unpaired) electrons. The number of anilines is 2. The third-order valence-electron chi connectivity index (χ3n) is 7.61. The molecule has 0 aromatic carbocycles. The van der Waals surface area contributed by atoms with E-state index in [1.807, 2.05) is 6.20 Å². The molecule has 2 aliphatic heterocycles. The molecule has 1 saturated carbocycles. The van der Waals surface area contributed by atoms with Crippen LogP contribution < -0.4 is 16.4 Å². The molecule has 2 saturated heterocycles. The number of aromatic nitrogens is 5. The number of rotatable bonds is 5. The zero-order chi connectivity index (χ0) is 22.5. The van der Waals surface area contributed by atoms with E-state index in [1.54, 1.807) is 6.20 Å². The fourth-order valence-corrected chi connectivity index (χ4v) is 5.87. The lowest BCUT2D eigenvalue weighted by molar-refractivity contribution is 0.182. The maximum atomic E-state index is 9.94. The van der Waals surface area contributed by atoms with Crippen LogP contribution in [0.25, 0.3) is 22.2 Å². The molecule has 9 heteroatoms. The molecule has 0 amide bonds. The Morgan fingerprint density at radius 2 is 1.91 bits per heavy atom. The second-order valence-electron chi connectivity index (χ2n) is 9.91. The van der Waals surface area contributed by atoms with Crippen LogP contribution in [0.5, 0.6) is 0 Å². The lowest BCUT2D eigenvalue weighted by atomic mass is 10.00. The molecule has 5 atom stereocenters. The topological polar surface area (TPSA) is 127 Å². The average molecular weight is 449 g/mol. The maximum absolute atomic E-state index is 9.94. The Bertz CT molecular complexity index is 1160. The van der Waals surface area contributed by atoms with E-state index in [2.05, 4.69) is 33.4 Å². The molecule has 3 aromatic rings. The number of piperidine rings is 1. The summed E-state index contributed by atoms with van der Waals surface area (Å²) in [7, 11) is 0. The third-order valence-corrected chi connectivity index (χ3v) is 7.61. The number of nitrogen functional groups attached to an aromatic ring is 1. The van der Waals surface area contributed by atoms with Gasteiger partial charge in [0.1, 0.15) is 16.9 Å². The monoisotopic (exact) mass is 448 g/mol.